The third-order valence-electron chi connectivity index (χ3n) is 11.8. The van der Waals surface area contributed by atoms with E-state index in [9.17, 15) is 20.1 Å². The SMILES string of the molecule is C=CC(C)CCC=CCC(C#N)CC(C)(CC)C(=O)NC/C=C/c1ccccc1.C=CC([CH2+])CCC=CCC(C#N)CC(C)(CC)C(=O)Cl.CCN(CC)CC.NC/C=C/c1ccccc1. The van der Waals surface area contributed by atoms with E-state index in [1.807, 2.05) is 131 Å². The molecule has 6 unspecified atom stereocenters. The van der Waals surface area contributed by atoms with E-state index in [1.54, 1.807) is 0 Å². The number of allylic oxidation sites excluding steroid dienone is 6. The predicted molar refractivity (Wildman–Crippen MR) is 286 cm³/mol. The Labute approximate surface area is 408 Å². The largest absolute Gasteiger partial charge is 0.352 e. The van der Waals surface area contributed by atoms with Gasteiger partial charge >= 0.3 is 0 Å². The van der Waals surface area contributed by atoms with Gasteiger partial charge in [-0.15, -0.1) is 6.58 Å². The molecule has 2 rings (SSSR count). The topological polar surface area (TPSA) is 123 Å². The van der Waals surface area contributed by atoms with Gasteiger partial charge in [0.25, 0.3) is 0 Å². The quantitative estimate of drug-likeness (QED) is 0.0498. The average molecular weight is 922 g/mol. The van der Waals surface area contributed by atoms with Crippen LogP contribution in [0.3, 0.4) is 0 Å². The van der Waals surface area contributed by atoms with Crippen molar-refractivity contribution in [2.75, 3.05) is 32.7 Å². The average Bonchev–Trinajstić information content (AvgIpc) is 3.34. The molecule has 362 valence electrons. The Kier molecular flexibility index (Phi) is 38.6. The molecule has 0 aliphatic rings. The van der Waals surface area contributed by atoms with Crippen molar-refractivity contribution in [2.45, 2.75) is 120 Å². The van der Waals surface area contributed by atoms with Gasteiger partial charge in [-0.05, 0) is 119 Å². The molecular weight excluding hydrogens is 834 g/mol. The van der Waals surface area contributed by atoms with Crippen molar-refractivity contribution in [1.82, 2.24) is 10.2 Å². The van der Waals surface area contributed by atoms with Gasteiger partial charge < -0.3 is 16.0 Å². The van der Waals surface area contributed by atoms with Crippen molar-refractivity contribution in [3.63, 3.8) is 0 Å². The normalized spacial score (nSPS) is 14.7. The smallest absolute Gasteiger partial charge is 0.227 e. The first-order valence-electron chi connectivity index (χ1n) is 24.1. The first-order valence-corrected chi connectivity index (χ1v) is 24.5. The number of benzene rings is 2. The summed E-state index contributed by atoms with van der Waals surface area (Å²) in [6.45, 7) is 32.5. The van der Waals surface area contributed by atoms with Gasteiger partial charge in [-0.1, -0.05) is 177 Å². The van der Waals surface area contributed by atoms with Gasteiger partial charge in [0.1, 0.15) is 5.92 Å². The van der Waals surface area contributed by atoms with E-state index < -0.39 is 10.8 Å². The Morgan fingerprint density at radius 3 is 1.58 bits per heavy atom. The van der Waals surface area contributed by atoms with E-state index in [4.69, 9.17) is 17.3 Å². The number of amides is 1. The Morgan fingerprint density at radius 2 is 1.20 bits per heavy atom. The number of nitrogens with zero attached hydrogens (tertiary/aromatic N) is 3. The highest BCUT2D eigenvalue weighted by Gasteiger charge is 2.34. The van der Waals surface area contributed by atoms with Crippen molar-refractivity contribution in [3.05, 3.63) is 140 Å². The Balaban J connectivity index is 0. The van der Waals surface area contributed by atoms with Gasteiger partial charge in [-0.25, -0.2) is 0 Å². The maximum Gasteiger partial charge on any atom is 0.227 e. The summed E-state index contributed by atoms with van der Waals surface area (Å²) in [6, 6.07) is 24.8. The van der Waals surface area contributed by atoms with Crippen LogP contribution in [0.2, 0.25) is 0 Å². The summed E-state index contributed by atoms with van der Waals surface area (Å²) < 4.78 is 0. The molecule has 0 aliphatic carbocycles. The molecule has 0 saturated heterocycles. The van der Waals surface area contributed by atoms with E-state index >= 15 is 0 Å². The highest BCUT2D eigenvalue weighted by Crippen LogP contribution is 2.34. The molecule has 0 radical (unpaired) electrons. The lowest BCUT2D eigenvalue weighted by atomic mass is 9.77. The molecule has 3 N–H and O–H groups in total. The van der Waals surface area contributed by atoms with E-state index in [0.717, 1.165) is 31.2 Å². The van der Waals surface area contributed by atoms with E-state index in [0.29, 0.717) is 57.5 Å². The standard InChI is InChI=1S/C26H36N2O.C17H25ClNO.C9H11N.C6H15N/c1-5-22(3)14-9-7-12-17-24(21-27)20-26(4,6-2)25(29)28-19-13-18-23-15-10-8-11-16-23;1-5-14(3)10-8-7-9-11-15(13-19)12-17(4,6-2)16(18)20;10-8-4-7-9-5-2-1-3-6-9;1-4-7(5-2)6-3/h5,7-8,10-13,15-16,18,22,24H,1,6,9,14,17,19-20H2,2-4H3,(H,28,29);5,7,9,14-15H,1,3,6,8,10-12H2,2,4H3;1-7H,8,10H2;4-6H2,1-3H3/q;+1;;/b12-7?,18-13+;;7-4+;. The fourth-order valence-electron chi connectivity index (χ4n) is 6.44. The molecular formula is C58H87ClN5O2+. The lowest BCUT2D eigenvalue weighted by Gasteiger charge is -2.28. The summed E-state index contributed by atoms with van der Waals surface area (Å²) in [5.74, 6) is 0.465. The maximum atomic E-state index is 12.8. The molecule has 0 aliphatic heterocycles. The van der Waals surface area contributed by atoms with Crippen LogP contribution in [0, 0.1) is 64.1 Å². The predicted octanol–water partition coefficient (Wildman–Crippen LogP) is 14.4. The van der Waals surface area contributed by atoms with Gasteiger partial charge in [0.15, 0.2) is 0 Å². The van der Waals surface area contributed by atoms with Crippen LogP contribution in [0.4, 0.5) is 0 Å². The lowest BCUT2D eigenvalue weighted by molar-refractivity contribution is -0.131. The van der Waals surface area contributed by atoms with Crippen LogP contribution in [0.5, 0.6) is 0 Å². The highest BCUT2D eigenvalue weighted by atomic mass is 35.5. The van der Waals surface area contributed by atoms with Crippen molar-refractivity contribution in [2.24, 2.45) is 40.2 Å². The second kappa shape index (κ2) is 40.4. The fraction of sp³-hybridized carbons (Fsp3) is 0.500. The molecule has 0 fully saturated rings. The van der Waals surface area contributed by atoms with E-state index in [2.05, 4.69) is 88.4 Å². The molecule has 0 saturated carbocycles. The van der Waals surface area contributed by atoms with Gasteiger partial charge in [-0.2, -0.15) is 10.5 Å². The summed E-state index contributed by atoms with van der Waals surface area (Å²) >= 11 is 5.64. The zero-order valence-corrected chi connectivity index (χ0v) is 43.0. The molecule has 7 nitrogen and oxygen atoms in total. The molecule has 1 amide bonds. The number of carbonyl (C=O) groups is 2. The van der Waals surface area contributed by atoms with Crippen molar-refractivity contribution >= 4 is 34.9 Å². The first-order chi connectivity index (χ1) is 31.6. The zero-order valence-electron chi connectivity index (χ0n) is 42.2. The second-order valence-electron chi connectivity index (χ2n) is 17.1. The Morgan fingerprint density at radius 1 is 0.742 bits per heavy atom. The minimum Gasteiger partial charge on any atom is -0.352 e. The van der Waals surface area contributed by atoms with Crippen molar-refractivity contribution in [1.29, 1.82) is 10.5 Å². The number of rotatable bonds is 28. The molecule has 0 heterocycles. The number of hydrogen-bond acceptors (Lipinski definition) is 6. The Hall–Kier alpha value is -4.92. The van der Waals surface area contributed by atoms with Crippen LogP contribution in [0.1, 0.15) is 131 Å². The first kappa shape index (κ1) is 63.2. The van der Waals surface area contributed by atoms with Crippen molar-refractivity contribution in [3.8, 4) is 12.1 Å². The summed E-state index contributed by atoms with van der Waals surface area (Å²) in [6.07, 6.45) is 27.8. The third kappa shape index (κ3) is 31.1. The Bertz CT molecular complexity index is 1770. The maximum absolute atomic E-state index is 12.8. The molecule has 0 aromatic heterocycles. The van der Waals surface area contributed by atoms with E-state index in [-0.39, 0.29) is 28.9 Å². The van der Waals surface area contributed by atoms with Gasteiger partial charge in [0.05, 0.1) is 30.9 Å². The van der Waals surface area contributed by atoms with Crippen LogP contribution in [0.25, 0.3) is 12.2 Å². The number of nitriles is 2. The van der Waals surface area contributed by atoms with Crippen LogP contribution in [-0.2, 0) is 9.59 Å². The summed E-state index contributed by atoms with van der Waals surface area (Å²) in [5.41, 5.74) is 6.47. The molecule has 2 aromatic rings. The van der Waals surface area contributed by atoms with Crippen LogP contribution < -0.4 is 11.1 Å². The summed E-state index contributed by atoms with van der Waals surface area (Å²) in [4.78, 5) is 26.6. The monoisotopic (exact) mass is 921 g/mol. The molecule has 0 bridgehead atoms. The van der Waals surface area contributed by atoms with Crippen LogP contribution >= 0.6 is 11.6 Å². The number of carbonyl (C=O) groups excluding carboxylic acids is 2. The number of halogens is 1. The molecule has 8 heteroatoms. The number of nitrogens with one attached hydrogen (secondary N) is 1. The van der Waals surface area contributed by atoms with Gasteiger partial charge in [-0.3, -0.25) is 9.59 Å². The molecule has 66 heavy (non-hydrogen) atoms. The van der Waals surface area contributed by atoms with E-state index in [1.165, 1.54) is 25.2 Å². The molecule has 2 aromatic carbocycles. The van der Waals surface area contributed by atoms with Crippen LogP contribution in [-0.4, -0.2) is 48.8 Å². The number of nitrogens with two attached hydrogens (primary N) is 1. The van der Waals surface area contributed by atoms with Gasteiger partial charge in [0.2, 0.25) is 11.1 Å². The minimum atomic E-state index is -0.600. The molecule has 6 atom stereocenters. The third-order valence-corrected chi connectivity index (χ3v) is 12.3. The van der Waals surface area contributed by atoms with Crippen molar-refractivity contribution < 1.29 is 9.59 Å². The zero-order chi connectivity index (χ0) is 50.1. The highest BCUT2D eigenvalue weighted by molar-refractivity contribution is 6.64. The molecule has 0 spiro atoms. The number of hydrogen-bond donors (Lipinski definition) is 2. The van der Waals surface area contributed by atoms with Crippen LogP contribution in [0.15, 0.2) is 122 Å². The minimum absolute atomic E-state index is 0.0155. The summed E-state index contributed by atoms with van der Waals surface area (Å²) in [5, 5.41) is 21.4. The second-order valence-corrected chi connectivity index (χ2v) is 17.5. The lowest BCUT2D eigenvalue weighted by Crippen LogP contribution is -2.39. The fourth-order valence-corrected chi connectivity index (χ4v) is 6.65. The summed E-state index contributed by atoms with van der Waals surface area (Å²) in [7, 11) is 0. The van der Waals surface area contributed by atoms with Gasteiger partial charge in [0, 0.05) is 23.9 Å².